The first-order chi connectivity index (χ1) is 10.6. The fraction of sp³-hybridized carbons (Fsp3) is 0.733. The number of aromatic amines is 1. The number of nitrogens with zero attached hydrogens (tertiary/aromatic N) is 2. The number of carbonyl (C=O) groups excluding carboxylic acids is 1. The van der Waals surface area contributed by atoms with Crippen LogP contribution in [0.25, 0.3) is 0 Å². The highest BCUT2D eigenvalue weighted by molar-refractivity contribution is 5.73. The van der Waals surface area contributed by atoms with Crippen molar-refractivity contribution in [3.63, 3.8) is 0 Å². The summed E-state index contributed by atoms with van der Waals surface area (Å²) in [6.45, 7) is 8.98. The van der Waals surface area contributed by atoms with Gasteiger partial charge >= 0.3 is 6.03 Å². The Bertz CT molecular complexity index is 429. The van der Waals surface area contributed by atoms with E-state index in [-0.39, 0.29) is 6.03 Å². The van der Waals surface area contributed by atoms with Gasteiger partial charge in [0.15, 0.2) is 0 Å². The Kier molecular flexibility index (Phi) is 6.67. The van der Waals surface area contributed by atoms with Gasteiger partial charge in [-0.05, 0) is 18.4 Å². The molecule has 0 spiro atoms. The van der Waals surface area contributed by atoms with Crippen molar-refractivity contribution in [1.29, 1.82) is 0 Å². The maximum atomic E-state index is 11.9. The van der Waals surface area contributed by atoms with Crippen molar-refractivity contribution < 1.29 is 9.53 Å². The molecule has 2 amide bonds. The van der Waals surface area contributed by atoms with Crippen molar-refractivity contribution in [2.45, 2.75) is 32.9 Å². The molecular formula is C15H27N5O2. The van der Waals surface area contributed by atoms with Gasteiger partial charge in [0.2, 0.25) is 0 Å². The average molecular weight is 309 g/mol. The highest BCUT2D eigenvalue weighted by Gasteiger charge is 2.22. The topological polar surface area (TPSA) is 82.3 Å². The van der Waals surface area contributed by atoms with Crippen molar-refractivity contribution >= 4 is 6.03 Å². The number of H-pyrrole nitrogens is 1. The van der Waals surface area contributed by atoms with Crippen LogP contribution in [0.1, 0.15) is 26.0 Å². The van der Waals surface area contributed by atoms with E-state index < -0.39 is 0 Å². The molecular weight excluding hydrogens is 282 g/mol. The van der Waals surface area contributed by atoms with Gasteiger partial charge in [0, 0.05) is 31.9 Å². The van der Waals surface area contributed by atoms with Crippen molar-refractivity contribution in [3.8, 4) is 0 Å². The summed E-state index contributed by atoms with van der Waals surface area (Å²) in [4.78, 5) is 14.3. The number of carbonyl (C=O) groups is 1. The molecule has 2 rings (SSSR count). The van der Waals surface area contributed by atoms with Gasteiger partial charge in [0.1, 0.15) is 0 Å². The van der Waals surface area contributed by atoms with Gasteiger partial charge in [0.05, 0.1) is 25.5 Å². The maximum Gasteiger partial charge on any atom is 0.315 e. The van der Waals surface area contributed by atoms with Crippen LogP contribution < -0.4 is 10.6 Å². The molecule has 2 heterocycles. The molecule has 1 aliphatic heterocycles. The number of amides is 2. The Morgan fingerprint density at radius 1 is 1.41 bits per heavy atom. The van der Waals surface area contributed by atoms with Crippen LogP contribution in [0.5, 0.6) is 0 Å². The zero-order valence-corrected chi connectivity index (χ0v) is 13.5. The third-order valence-corrected chi connectivity index (χ3v) is 3.80. The van der Waals surface area contributed by atoms with Gasteiger partial charge in [-0.1, -0.05) is 13.8 Å². The quantitative estimate of drug-likeness (QED) is 0.700. The minimum Gasteiger partial charge on any atom is -0.379 e. The minimum atomic E-state index is -0.142. The standard InChI is InChI=1S/C15H27N5O2/c1-12(2)9-14(20-5-7-22-8-6-20)11-17-15(21)16-10-13-3-4-18-19-13/h3-4,12,14H,5-11H2,1-2H3,(H,18,19)(H2,16,17,21)/t14-/m1/s1. The Hall–Kier alpha value is -1.60. The SMILES string of the molecule is CC(C)C[C@H](CNC(=O)NCc1ccn[nH]1)N1CCOCC1. The Labute approximate surface area is 131 Å². The Morgan fingerprint density at radius 3 is 2.82 bits per heavy atom. The Morgan fingerprint density at radius 2 is 2.18 bits per heavy atom. The van der Waals surface area contributed by atoms with E-state index in [1.54, 1.807) is 6.20 Å². The summed E-state index contributed by atoms with van der Waals surface area (Å²) in [5.41, 5.74) is 0.891. The number of aromatic nitrogens is 2. The van der Waals surface area contributed by atoms with E-state index in [9.17, 15) is 4.79 Å². The highest BCUT2D eigenvalue weighted by atomic mass is 16.5. The fourth-order valence-electron chi connectivity index (χ4n) is 2.68. The molecule has 0 unspecified atom stereocenters. The lowest BCUT2D eigenvalue weighted by Crippen LogP contribution is -2.50. The van der Waals surface area contributed by atoms with Crippen LogP contribution in [-0.4, -0.2) is 60.0 Å². The largest absolute Gasteiger partial charge is 0.379 e. The van der Waals surface area contributed by atoms with Crippen LogP contribution in [0.3, 0.4) is 0 Å². The van der Waals surface area contributed by atoms with Crippen molar-refractivity contribution in [3.05, 3.63) is 18.0 Å². The van der Waals surface area contributed by atoms with E-state index in [1.807, 2.05) is 6.07 Å². The zero-order valence-electron chi connectivity index (χ0n) is 13.5. The number of rotatable bonds is 7. The number of ether oxygens (including phenoxy) is 1. The lowest BCUT2D eigenvalue weighted by molar-refractivity contribution is 0.0129. The second-order valence-electron chi connectivity index (χ2n) is 6.08. The number of hydrogen-bond acceptors (Lipinski definition) is 4. The molecule has 1 aromatic rings. The van der Waals surface area contributed by atoms with Gasteiger partial charge in [0.25, 0.3) is 0 Å². The molecule has 1 fully saturated rings. The fourth-order valence-corrected chi connectivity index (χ4v) is 2.68. The molecule has 0 radical (unpaired) electrons. The van der Waals surface area contributed by atoms with E-state index in [0.29, 0.717) is 25.0 Å². The van der Waals surface area contributed by atoms with Crippen LogP contribution in [0, 0.1) is 5.92 Å². The third-order valence-electron chi connectivity index (χ3n) is 3.80. The predicted octanol–water partition coefficient (Wildman–Crippen LogP) is 0.956. The molecule has 1 atom stereocenters. The molecule has 1 aliphatic rings. The summed E-state index contributed by atoms with van der Waals surface area (Å²) < 4.78 is 5.41. The van der Waals surface area contributed by atoms with Crippen LogP contribution in [-0.2, 0) is 11.3 Å². The molecule has 1 aromatic heterocycles. The number of hydrogen-bond donors (Lipinski definition) is 3. The second kappa shape index (κ2) is 8.75. The summed E-state index contributed by atoms with van der Waals surface area (Å²) in [6, 6.07) is 2.06. The zero-order chi connectivity index (χ0) is 15.8. The first kappa shape index (κ1) is 16.8. The number of nitrogens with one attached hydrogen (secondary N) is 3. The van der Waals surface area contributed by atoms with E-state index in [0.717, 1.165) is 38.4 Å². The first-order valence-corrected chi connectivity index (χ1v) is 7.97. The van der Waals surface area contributed by atoms with Crippen LogP contribution in [0.4, 0.5) is 4.79 Å². The van der Waals surface area contributed by atoms with Crippen molar-refractivity contribution in [1.82, 2.24) is 25.7 Å². The van der Waals surface area contributed by atoms with Crippen molar-refractivity contribution in [2.75, 3.05) is 32.8 Å². The van der Waals surface area contributed by atoms with Crippen molar-refractivity contribution in [2.24, 2.45) is 5.92 Å². The minimum absolute atomic E-state index is 0.142. The molecule has 7 nitrogen and oxygen atoms in total. The van der Waals surface area contributed by atoms with Gasteiger partial charge in [-0.2, -0.15) is 5.10 Å². The lowest BCUT2D eigenvalue weighted by Gasteiger charge is -2.35. The van der Waals surface area contributed by atoms with Crippen LogP contribution in [0.2, 0.25) is 0 Å². The van der Waals surface area contributed by atoms with Gasteiger partial charge in [-0.3, -0.25) is 10.00 Å². The third kappa shape index (κ3) is 5.65. The Balaban J connectivity index is 1.75. The average Bonchev–Trinajstić information content (AvgIpc) is 3.03. The van der Waals surface area contributed by atoms with Gasteiger partial charge in [-0.25, -0.2) is 4.79 Å². The van der Waals surface area contributed by atoms with Gasteiger partial charge in [-0.15, -0.1) is 0 Å². The molecule has 1 saturated heterocycles. The molecule has 22 heavy (non-hydrogen) atoms. The second-order valence-corrected chi connectivity index (χ2v) is 6.08. The molecule has 0 saturated carbocycles. The summed E-state index contributed by atoms with van der Waals surface area (Å²) in [5, 5.41) is 12.5. The van der Waals surface area contributed by atoms with E-state index >= 15 is 0 Å². The first-order valence-electron chi connectivity index (χ1n) is 7.97. The molecule has 124 valence electrons. The predicted molar refractivity (Wildman–Crippen MR) is 84.5 cm³/mol. The van der Waals surface area contributed by atoms with E-state index in [1.165, 1.54) is 0 Å². The number of urea groups is 1. The smallest absolute Gasteiger partial charge is 0.315 e. The summed E-state index contributed by atoms with van der Waals surface area (Å²) in [6.07, 6.45) is 2.74. The van der Waals surface area contributed by atoms with Gasteiger partial charge < -0.3 is 15.4 Å². The van der Waals surface area contributed by atoms with Crippen LogP contribution >= 0.6 is 0 Å². The lowest BCUT2D eigenvalue weighted by atomic mass is 10.0. The van der Waals surface area contributed by atoms with E-state index in [2.05, 4.69) is 39.6 Å². The molecule has 7 heteroatoms. The molecule has 0 aromatic carbocycles. The summed E-state index contributed by atoms with van der Waals surface area (Å²) in [7, 11) is 0. The van der Waals surface area contributed by atoms with Crippen LogP contribution in [0.15, 0.2) is 12.3 Å². The normalized spacial score (nSPS) is 17.4. The molecule has 0 aliphatic carbocycles. The monoisotopic (exact) mass is 309 g/mol. The highest BCUT2D eigenvalue weighted by Crippen LogP contribution is 2.12. The molecule has 0 bridgehead atoms. The summed E-state index contributed by atoms with van der Waals surface area (Å²) >= 11 is 0. The van der Waals surface area contributed by atoms with E-state index in [4.69, 9.17) is 4.74 Å². The number of morpholine rings is 1. The molecule has 3 N–H and O–H groups in total. The summed E-state index contributed by atoms with van der Waals surface area (Å²) in [5.74, 6) is 0.600. The maximum absolute atomic E-state index is 11.9.